The largest absolute Gasteiger partial charge is 0.481 e. The fourth-order valence-electron chi connectivity index (χ4n) is 1.41. The van der Waals surface area contributed by atoms with Gasteiger partial charge >= 0.3 is 11.9 Å². The number of nitrogens with one attached hydrogen (secondary N) is 1. The number of rotatable bonds is 2. The summed E-state index contributed by atoms with van der Waals surface area (Å²) in [7, 11) is 0. The van der Waals surface area contributed by atoms with E-state index in [1.54, 1.807) is 24.3 Å². The summed E-state index contributed by atoms with van der Waals surface area (Å²) in [5.41, 5.74) is 0.642. The van der Waals surface area contributed by atoms with Crippen molar-refractivity contribution in [2.45, 2.75) is 12.5 Å². The van der Waals surface area contributed by atoms with Gasteiger partial charge in [0.25, 0.3) is 0 Å². The number of esters is 1. The summed E-state index contributed by atoms with van der Waals surface area (Å²) >= 11 is 0. The third kappa shape index (κ3) is 1.90. The molecule has 0 spiro atoms. The second-order valence-corrected chi connectivity index (χ2v) is 3.21. The summed E-state index contributed by atoms with van der Waals surface area (Å²) < 4.78 is 4.98. The highest BCUT2D eigenvalue weighted by Gasteiger charge is 2.29. The maximum absolute atomic E-state index is 11.3. The quantitative estimate of drug-likeness (QED) is 0.555. The molecule has 0 saturated carbocycles. The molecule has 0 aromatic heterocycles. The number of carboxylic acid groups (broad SMARTS) is 1. The average molecular weight is 207 g/mol. The smallest absolute Gasteiger partial charge is 0.334 e. The first kappa shape index (κ1) is 9.51. The van der Waals surface area contributed by atoms with Crippen molar-refractivity contribution in [2.24, 2.45) is 0 Å². The van der Waals surface area contributed by atoms with Crippen molar-refractivity contribution in [1.29, 1.82) is 0 Å². The Hall–Kier alpha value is -2.04. The van der Waals surface area contributed by atoms with Crippen molar-refractivity contribution in [3.8, 4) is 5.75 Å². The predicted molar refractivity (Wildman–Crippen MR) is 51.7 cm³/mol. The summed E-state index contributed by atoms with van der Waals surface area (Å²) in [6.45, 7) is 0. The molecule has 1 aliphatic heterocycles. The van der Waals surface area contributed by atoms with Gasteiger partial charge in [-0.1, -0.05) is 12.1 Å². The zero-order valence-electron chi connectivity index (χ0n) is 7.77. The molecule has 1 heterocycles. The maximum Gasteiger partial charge on any atom is 0.334 e. The van der Waals surface area contributed by atoms with E-state index in [1.807, 2.05) is 0 Å². The molecule has 0 amide bonds. The number of para-hydroxylation sites is 2. The van der Waals surface area contributed by atoms with Crippen LogP contribution in [0.15, 0.2) is 24.3 Å². The number of carboxylic acids is 1. The van der Waals surface area contributed by atoms with E-state index in [-0.39, 0.29) is 6.42 Å². The first-order chi connectivity index (χ1) is 7.16. The monoisotopic (exact) mass is 207 g/mol. The van der Waals surface area contributed by atoms with Crippen molar-refractivity contribution >= 4 is 17.6 Å². The summed E-state index contributed by atoms with van der Waals surface area (Å²) in [4.78, 5) is 21.8. The molecule has 15 heavy (non-hydrogen) atoms. The average Bonchev–Trinajstić information content (AvgIpc) is 2.18. The Kier molecular flexibility index (Phi) is 2.29. The van der Waals surface area contributed by atoms with Gasteiger partial charge in [-0.2, -0.15) is 0 Å². The second kappa shape index (κ2) is 3.61. The van der Waals surface area contributed by atoms with Crippen LogP contribution in [0.1, 0.15) is 6.42 Å². The molecule has 5 nitrogen and oxygen atoms in total. The standard InChI is InChI=1S/C10H9NO4/c12-9(13)5-7-10(14)15-8-4-2-1-3-6(8)11-7/h1-4,7,11H,5H2,(H,12,13). The van der Waals surface area contributed by atoms with Crippen molar-refractivity contribution in [1.82, 2.24) is 0 Å². The number of fused-ring (bicyclic) bond motifs is 1. The molecule has 1 aromatic rings. The molecule has 0 radical (unpaired) electrons. The number of hydrogen-bond donors (Lipinski definition) is 2. The number of carbonyl (C=O) groups excluding carboxylic acids is 1. The minimum Gasteiger partial charge on any atom is -0.481 e. The summed E-state index contributed by atoms with van der Waals surface area (Å²) in [6, 6.07) is 6.10. The van der Waals surface area contributed by atoms with Crippen LogP contribution in [0.3, 0.4) is 0 Å². The van der Waals surface area contributed by atoms with Crippen molar-refractivity contribution in [3.05, 3.63) is 24.3 Å². The molecule has 1 aliphatic rings. The van der Waals surface area contributed by atoms with E-state index in [0.717, 1.165) is 0 Å². The highest BCUT2D eigenvalue weighted by molar-refractivity contribution is 5.90. The third-order valence-electron chi connectivity index (χ3n) is 2.09. The van der Waals surface area contributed by atoms with Crippen LogP contribution in [0.4, 0.5) is 5.69 Å². The van der Waals surface area contributed by atoms with Gasteiger partial charge in [0.1, 0.15) is 6.04 Å². The number of benzene rings is 1. The van der Waals surface area contributed by atoms with Crippen molar-refractivity contribution < 1.29 is 19.4 Å². The van der Waals surface area contributed by atoms with E-state index in [4.69, 9.17) is 9.84 Å². The number of hydrogen-bond acceptors (Lipinski definition) is 4. The molecular weight excluding hydrogens is 198 g/mol. The highest BCUT2D eigenvalue weighted by atomic mass is 16.5. The lowest BCUT2D eigenvalue weighted by atomic mass is 10.1. The Labute approximate surface area is 85.7 Å². The van der Waals surface area contributed by atoms with E-state index < -0.39 is 18.0 Å². The molecule has 5 heteroatoms. The van der Waals surface area contributed by atoms with Crippen LogP contribution in [-0.4, -0.2) is 23.1 Å². The highest BCUT2D eigenvalue weighted by Crippen LogP contribution is 2.29. The predicted octanol–water partition coefficient (Wildman–Crippen LogP) is 0.861. The Morgan fingerprint density at radius 1 is 1.47 bits per heavy atom. The van der Waals surface area contributed by atoms with Gasteiger partial charge in [-0.15, -0.1) is 0 Å². The minimum atomic E-state index is -1.04. The molecule has 78 valence electrons. The summed E-state index contributed by atoms with van der Waals surface area (Å²) in [5.74, 6) is -1.16. The SMILES string of the molecule is O=C(O)CC1Nc2ccccc2OC1=O. The van der Waals surface area contributed by atoms with Crippen LogP contribution >= 0.6 is 0 Å². The molecule has 0 saturated heterocycles. The zero-order valence-corrected chi connectivity index (χ0v) is 7.77. The van der Waals surface area contributed by atoms with E-state index >= 15 is 0 Å². The van der Waals surface area contributed by atoms with Gasteiger partial charge in [-0.25, -0.2) is 4.79 Å². The third-order valence-corrected chi connectivity index (χ3v) is 2.09. The van der Waals surface area contributed by atoms with Gasteiger partial charge in [0, 0.05) is 0 Å². The molecule has 2 rings (SSSR count). The summed E-state index contributed by atoms with van der Waals surface area (Å²) in [5, 5.41) is 11.4. The number of aliphatic carboxylic acids is 1. The zero-order chi connectivity index (χ0) is 10.8. The van der Waals surface area contributed by atoms with E-state index in [9.17, 15) is 9.59 Å². The Morgan fingerprint density at radius 2 is 2.20 bits per heavy atom. The lowest BCUT2D eigenvalue weighted by Gasteiger charge is -2.24. The lowest BCUT2D eigenvalue weighted by molar-refractivity contribution is -0.143. The molecule has 2 N–H and O–H groups in total. The van der Waals surface area contributed by atoms with E-state index in [0.29, 0.717) is 11.4 Å². The molecule has 1 aromatic carbocycles. The van der Waals surface area contributed by atoms with Gasteiger partial charge in [0.15, 0.2) is 5.75 Å². The van der Waals surface area contributed by atoms with Gasteiger partial charge in [-0.3, -0.25) is 4.79 Å². The number of ether oxygens (including phenoxy) is 1. The van der Waals surface area contributed by atoms with Crippen molar-refractivity contribution in [2.75, 3.05) is 5.32 Å². The van der Waals surface area contributed by atoms with Gasteiger partial charge in [0.05, 0.1) is 12.1 Å². The Balaban J connectivity index is 2.22. The first-order valence-corrected chi connectivity index (χ1v) is 4.46. The summed E-state index contributed by atoms with van der Waals surface area (Å²) in [6.07, 6.45) is -0.285. The van der Waals surface area contributed by atoms with Crippen molar-refractivity contribution in [3.63, 3.8) is 0 Å². The molecule has 0 bridgehead atoms. The molecule has 0 fully saturated rings. The molecule has 0 aliphatic carbocycles. The van der Waals surface area contributed by atoms with E-state index in [1.165, 1.54) is 0 Å². The Morgan fingerprint density at radius 3 is 2.93 bits per heavy atom. The second-order valence-electron chi connectivity index (χ2n) is 3.21. The fraction of sp³-hybridized carbons (Fsp3) is 0.200. The van der Waals surface area contributed by atoms with E-state index in [2.05, 4.69) is 5.32 Å². The minimum absolute atomic E-state index is 0.285. The lowest BCUT2D eigenvalue weighted by Crippen LogP contribution is -2.38. The first-order valence-electron chi connectivity index (χ1n) is 4.46. The van der Waals surface area contributed by atoms with Crippen LogP contribution in [0.25, 0.3) is 0 Å². The normalized spacial score (nSPS) is 18.7. The van der Waals surface area contributed by atoms with Crippen LogP contribution in [0.2, 0.25) is 0 Å². The van der Waals surface area contributed by atoms with Gasteiger partial charge < -0.3 is 15.2 Å². The van der Waals surface area contributed by atoms with Gasteiger partial charge in [-0.05, 0) is 12.1 Å². The van der Waals surface area contributed by atoms with Crippen LogP contribution < -0.4 is 10.1 Å². The Bertz CT molecular complexity index is 416. The molecule has 1 atom stereocenters. The molecular formula is C10H9NO4. The van der Waals surface area contributed by atoms with Gasteiger partial charge in [0.2, 0.25) is 0 Å². The van der Waals surface area contributed by atoms with Crippen LogP contribution in [0.5, 0.6) is 5.75 Å². The maximum atomic E-state index is 11.3. The fourth-order valence-corrected chi connectivity index (χ4v) is 1.41. The van der Waals surface area contributed by atoms with Crippen LogP contribution in [-0.2, 0) is 9.59 Å². The topological polar surface area (TPSA) is 75.6 Å². The van der Waals surface area contributed by atoms with Crippen LogP contribution in [0, 0.1) is 0 Å². The number of anilines is 1. The molecule has 1 unspecified atom stereocenters. The number of carbonyl (C=O) groups is 2.